The summed E-state index contributed by atoms with van der Waals surface area (Å²) in [5.74, 6) is 6.96. The molecule has 2 rings (SSSR count). The molecule has 1 unspecified atom stereocenters. The zero-order chi connectivity index (χ0) is 14.4. The van der Waals surface area contributed by atoms with Crippen LogP contribution in [0.3, 0.4) is 0 Å². The van der Waals surface area contributed by atoms with Crippen molar-refractivity contribution >= 4 is 15.9 Å². The summed E-state index contributed by atoms with van der Waals surface area (Å²) >= 11 is 3.51. The van der Waals surface area contributed by atoms with Gasteiger partial charge >= 0.3 is 0 Å². The van der Waals surface area contributed by atoms with Gasteiger partial charge in [-0.15, -0.1) is 0 Å². The molecule has 0 spiro atoms. The fourth-order valence-electron chi connectivity index (χ4n) is 2.80. The first-order chi connectivity index (χ1) is 9.64. The van der Waals surface area contributed by atoms with Crippen molar-refractivity contribution in [3.05, 3.63) is 34.3 Å². The molecule has 0 aromatic heterocycles. The van der Waals surface area contributed by atoms with Gasteiger partial charge in [0.1, 0.15) is 0 Å². The highest BCUT2D eigenvalue weighted by atomic mass is 79.9. The van der Waals surface area contributed by atoms with Gasteiger partial charge in [0.05, 0.1) is 5.54 Å². The molecular formula is C18H24BrN. The van der Waals surface area contributed by atoms with Crippen LogP contribution in [-0.4, -0.2) is 23.5 Å². The Balaban J connectivity index is 2.19. The molecule has 1 fully saturated rings. The van der Waals surface area contributed by atoms with Crippen LogP contribution in [0.5, 0.6) is 0 Å². The van der Waals surface area contributed by atoms with E-state index in [0.717, 1.165) is 10.0 Å². The van der Waals surface area contributed by atoms with E-state index in [2.05, 4.69) is 58.7 Å². The average Bonchev–Trinajstić information content (AvgIpc) is 2.98. The van der Waals surface area contributed by atoms with Gasteiger partial charge in [0, 0.05) is 10.0 Å². The third kappa shape index (κ3) is 4.11. The van der Waals surface area contributed by atoms with Gasteiger partial charge in [-0.05, 0) is 57.5 Å². The molecule has 0 amide bonds. The Kier molecular flexibility index (Phi) is 5.69. The summed E-state index contributed by atoms with van der Waals surface area (Å²) in [4.78, 5) is 2.58. The highest BCUT2D eigenvalue weighted by Gasteiger charge is 2.31. The molecule has 20 heavy (non-hydrogen) atoms. The summed E-state index contributed by atoms with van der Waals surface area (Å²) < 4.78 is 1.10. The van der Waals surface area contributed by atoms with Crippen molar-refractivity contribution in [2.45, 2.75) is 51.5 Å². The molecule has 0 saturated carbocycles. The van der Waals surface area contributed by atoms with Crippen LogP contribution in [-0.2, 0) is 0 Å². The Morgan fingerprint density at radius 3 is 2.70 bits per heavy atom. The second-order valence-electron chi connectivity index (χ2n) is 5.83. The summed E-state index contributed by atoms with van der Waals surface area (Å²) in [6.07, 6.45) is 6.30. The molecule has 0 bridgehead atoms. The second kappa shape index (κ2) is 7.29. The predicted molar refractivity (Wildman–Crippen MR) is 89.8 cm³/mol. The molecule has 1 aliphatic rings. The first-order valence-electron chi connectivity index (χ1n) is 7.68. The lowest BCUT2D eigenvalue weighted by Gasteiger charge is -2.34. The summed E-state index contributed by atoms with van der Waals surface area (Å²) in [5.41, 5.74) is 1.13. The lowest BCUT2D eigenvalue weighted by Crippen LogP contribution is -2.43. The Bertz CT molecular complexity index is 494. The molecule has 1 saturated heterocycles. The van der Waals surface area contributed by atoms with E-state index in [0.29, 0.717) is 0 Å². The maximum atomic E-state index is 3.57. The van der Waals surface area contributed by atoms with Crippen LogP contribution in [0.2, 0.25) is 0 Å². The number of rotatable bonds is 4. The number of hydrogen-bond acceptors (Lipinski definition) is 1. The highest BCUT2D eigenvalue weighted by Crippen LogP contribution is 2.26. The van der Waals surface area contributed by atoms with E-state index >= 15 is 0 Å². The van der Waals surface area contributed by atoms with Crippen molar-refractivity contribution in [2.24, 2.45) is 0 Å². The summed E-state index contributed by atoms with van der Waals surface area (Å²) in [5, 5.41) is 0. The standard InChI is InChI=1S/C18H24BrN/c1-3-4-11-18(2,20-13-5-6-14-20)12-10-16-8-7-9-17(19)15-16/h7-9,15H,3-6,11,13-14H2,1-2H3. The quantitative estimate of drug-likeness (QED) is 0.712. The van der Waals surface area contributed by atoms with Crippen molar-refractivity contribution in [1.29, 1.82) is 0 Å². The van der Waals surface area contributed by atoms with E-state index in [4.69, 9.17) is 0 Å². The van der Waals surface area contributed by atoms with Crippen molar-refractivity contribution in [3.63, 3.8) is 0 Å². The minimum atomic E-state index is 0.0365. The Labute approximate surface area is 131 Å². The summed E-state index contributed by atoms with van der Waals surface area (Å²) in [7, 11) is 0. The molecular weight excluding hydrogens is 310 g/mol. The van der Waals surface area contributed by atoms with Gasteiger partial charge in [0.25, 0.3) is 0 Å². The maximum Gasteiger partial charge on any atom is 0.0801 e. The maximum absolute atomic E-state index is 3.57. The minimum Gasteiger partial charge on any atom is -0.288 e. The molecule has 1 nitrogen and oxygen atoms in total. The molecule has 0 N–H and O–H groups in total. The topological polar surface area (TPSA) is 3.24 Å². The number of unbranched alkanes of at least 4 members (excludes halogenated alkanes) is 1. The molecule has 1 aromatic carbocycles. The van der Waals surface area contributed by atoms with E-state index in [9.17, 15) is 0 Å². The third-order valence-corrected chi connectivity index (χ3v) is 4.62. The van der Waals surface area contributed by atoms with Gasteiger partial charge in [-0.25, -0.2) is 0 Å². The molecule has 0 aliphatic carbocycles. The zero-order valence-electron chi connectivity index (χ0n) is 12.6. The summed E-state index contributed by atoms with van der Waals surface area (Å²) in [6, 6.07) is 8.27. The number of benzene rings is 1. The fourth-order valence-corrected chi connectivity index (χ4v) is 3.20. The molecule has 2 heteroatoms. The Hall–Kier alpha value is -0.780. The molecule has 108 valence electrons. The van der Waals surface area contributed by atoms with Crippen molar-refractivity contribution in [3.8, 4) is 11.8 Å². The number of hydrogen-bond donors (Lipinski definition) is 0. The Morgan fingerprint density at radius 1 is 1.30 bits per heavy atom. The van der Waals surface area contributed by atoms with Crippen molar-refractivity contribution in [2.75, 3.05) is 13.1 Å². The monoisotopic (exact) mass is 333 g/mol. The number of likely N-dealkylation sites (tertiary alicyclic amines) is 1. The lowest BCUT2D eigenvalue weighted by atomic mass is 9.93. The van der Waals surface area contributed by atoms with Crippen LogP contribution < -0.4 is 0 Å². The van der Waals surface area contributed by atoms with E-state index in [1.165, 1.54) is 45.2 Å². The average molecular weight is 334 g/mol. The SMILES string of the molecule is CCCCC(C)(C#Cc1cccc(Br)c1)N1CCCC1. The number of halogens is 1. The summed E-state index contributed by atoms with van der Waals surface area (Å²) in [6.45, 7) is 6.98. The predicted octanol–water partition coefficient (Wildman–Crippen LogP) is 4.85. The van der Waals surface area contributed by atoms with Crippen LogP contribution >= 0.6 is 15.9 Å². The van der Waals surface area contributed by atoms with Gasteiger partial charge in [-0.1, -0.05) is 53.6 Å². The van der Waals surface area contributed by atoms with E-state index in [-0.39, 0.29) is 5.54 Å². The normalized spacial score (nSPS) is 18.4. The molecule has 1 aromatic rings. The lowest BCUT2D eigenvalue weighted by molar-refractivity contribution is 0.180. The van der Waals surface area contributed by atoms with Crippen LogP contribution in [0, 0.1) is 11.8 Å². The second-order valence-corrected chi connectivity index (χ2v) is 6.75. The van der Waals surface area contributed by atoms with Crippen molar-refractivity contribution < 1.29 is 0 Å². The molecule has 1 heterocycles. The third-order valence-electron chi connectivity index (χ3n) is 4.12. The first-order valence-corrected chi connectivity index (χ1v) is 8.47. The highest BCUT2D eigenvalue weighted by molar-refractivity contribution is 9.10. The zero-order valence-corrected chi connectivity index (χ0v) is 14.2. The molecule has 0 radical (unpaired) electrons. The van der Waals surface area contributed by atoms with Gasteiger partial charge in [0.2, 0.25) is 0 Å². The van der Waals surface area contributed by atoms with Crippen LogP contribution in [0.25, 0.3) is 0 Å². The van der Waals surface area contributed by atoms with E-state index in [1.807, 2.05) is 12.1 Å². The largest absolute Gasteiger partial charge is 0.288 e. The fraction of sp³-hybridized carbons (Fsp3) is 0.556. The van der Waals surface area contributed by atoms with E-state index in [1.54, 1.807) is 0 Å². The van der Waals surface area contributed by atoms with Gasteiger partial charge in [-0.3, -0.25) is 4.90 Å². The van der Waals surface area contributed by atoms with Gasteiger partial charge in [-0.2, -0.15) is 0 Å². The van der Waals surface area contributed by atoms with Crippen molar-refractivity contribution in [1.82, 2.24) is 4.90 Å². The molecule has 1 atom stereocenters. The molecule has 1 aliphatic heterocycles. The minimum absolute atomic E-state index is 0.0365. The van der Waals surface area contributed by atoms with E-state index < -0.39 is 0 Å². The smallest absolute Gasteiger partial charge is 0.0801 e. The Morgan fingerprint density at radius 2 is 2.05 bits per heavy atom. The first kappa shape index (κ1) is 15.6. The van der Waals surface area contributed by atoms with Crippen LogP contribution in [0.4, 0.5) is 0 Å². The van der Waals surface area contributed by atoms with Crippen LogP contribution in [0.1, 0.15) is 51.5 Å². The number of nitrogens with zero attached hydrogens (tertiary/aromatic N) is 1. The van der Waals surface area contributed by atoms with Gasteiger partial charge < -0.3 is 0 Å². The van der Waals surface area contributed by atoms with Gasteiger partial charge in [0.15, 0.2) is 0 Å². The van der Waals surface area contributed by atoms with Crippen LogP contribution in [0.15, 0.2) is 28.7 Å².